The summed E-state index contributed by atoms with van der Waals surface area (Å²) in [5.41, 5.74) is 3.05. The van der Waals surface area contributed by atoms with Gasteiger partial charge in [0, 0.05) is 17.3 Å². The van der Waals surface area contributed by atoms with Gasteiger partial charge in [-0.3, -0.25) is 19.2 Å². The Balaban J connectivity index is 1.53. The van der Waals surface area contributed by atoms with E-state index in [1.807, 2.05) is 48.5 Å². The first kappa shape index (κ1) is 25.9. The summed E-state index contributed by atoms with van der Waals surface area (Å²) in [7, 11) is 0. The second-order valence-electron chi connectivity index (χ2n) is 8.15. The van der Waals surface area contributed by atoms with Gasteiger partial charge >= 0.3 is 11.9 Å². The van der Waals surface area contributed by atoms with Crippen LogP contribution in [0.4, 0.5) is 0 Å². The molecule has 0 saturated heterocycles. The second-order valence-corrected chi connectivity index (χ2v) is 8.15. The topological polar surface area (TPSA) is 178 Å². The number of H-pyrrole nitrogens is 1. The molecule has 36 heavy (non-hydrogen) atoms. The molecule has 0 spiro atoms. The number of carboxylic acid groups (broad SMARTS) is 2. The summed E-state index contributed by atoms with van der Waals surface area (Å²) in [6.07, 6.45) is -0.740. The van der Waals surface area contributed by atoms with Crippen molar-refractivity contribution in [2.45, 2.75) is 31.8 Å². The van der Waals surface area contributed by atoms with Crippen molar-refractivity contribution in [2.24, 2.45) is 0 Å². The third kappa shape index (κ3) is 6.92. The molecule has 11 nitrogen and oxygen atoms in total. The Bertz CT molecular complexity index is 1290. The van der Waals surface area contributed by atoms with Gasteiger partial charge in [-0.2, -0.15) is 0 Å². The van der Waals surface area contributed by atoms with Crippen molar-refractivity contribution in [1.82, 2.24) is 20.9 Å². The normalized spacial score (nSPS) is 12.4. The van der Waals surface area contributed by atoms with Crippen molar-refractivity contribution in [1.29, 1.82) is 0 Å². The minimum atomic E-state index is -1.41. The number of fused-ring (bicyclic) bond motifs is 1. The average Bonchev–Trinajstić information content (AvgIpc) is 3.28. The highest BCUT2D eigenvalue weighted by Crippen LogP contribution is 2.24. The van der Waals surface area contributed by atoms with E-state index in [-0.39, 0.29) is 12.1 Å². The molecule has 0 aliphatic carbocycles. The van der Waals surface area contributed by atoms with E-state index in [2.05, 4.69) is 20.9 Å². The number of aromatic nitrogens is 1. The molecule has 3 aromatic rings. The van der Waals surface area contributed by atoms with Crippen LogP contribution in [0.5, 0.6) is 0 Å². The quantitative estimate of drug-likeness (QED) is 0.234. The number of amides is 3. The fourth-order valence-corrected chi connectivity index (χ4v) is 3.50. The number of aromatic amines is 1. The van der Waals surface area contributed by atoms with E-state index >= 15 is 0 Å². The SMILES string of the molecule is CC(NC(=O)CNC(=O)c1cc2cc(-c3ccccc3)ccc2[nH]1)C(=O)NC(CCC(=O)O)C(=O)O. The summed E-state index contributed by atoms with van der Waals surface area (Å²) < 4.78 is 0. The van der Waals surface area contributed by atoms with Gasteiger partial charge in [-0.1, -0.05) is 36.4 Å². The molecule has 188 valence electrons. The summed E-state index contributed by atoms with van der Waals surface area (Å²) in [6, 6.07) is 14.7. The average molecular weight is 495 g/mol. The molecule has 1 aromatic heterocycles. The predicted molar refractivity (Wildman–Crippen MR) is 130 cm³/mol. The predicted octanol–water partition coefficient (Wildman–Crippen LogP) is 1.50. The Hall–Kier alpha value is -4.67. The smallest absolute Gasteiger partial charge is 0.326 e. The van der Waals surface area contributed by atoms with Gasteiger partial charge in [-0.05, 0) is 42.7 Å². The zero-order valence-electron chi connectivity index (χ0n) is 19.4. The molecule has 0 aliphatic heterocycles. The van der Waals surface area contributed by atoms with Crippen LogP contribution in [0.3, 0.4) is 0 Å². The Morgan fingerprint density at radius 2 is 1.64 bits per heavy atom. The van der Waals surface area contributed by atoms with E-state index in [0.29, 0.717) is 0 Å². The van der Waals surface area contributed by atoms with Crippen molar-refractivity contribution in [3.63, 3.8) is 0 Å². The second kappa shape index (κ2) is 11.6. The van der Waals surface area contributed by atoms with E-state index in [0.717, 1.165) is 22.0 Å². The zero-order valence-corrected chi connectivity index (χ0v) is 19.4. The van der Waals surface area contributed by atoms with Gasteiger partial charge in [-0.15, -0.1) is 0 Å². The van der Waals surface area contributed by atoms with Crippen LogP contribution in [0.25, 0.3) is 22.0 Å². The van der Waals surface area contributed by atoms with Crippen molar-refractivity contribution < 1.29 is 34.2 Å². The molecular formula is C25H26N4O7. The Morgan fingerprint density at radius 3 is 2.31 bits per heavy atom. The summed E-state index contributed by atoms with van der Waals surface area (Å²) in [4.78, 5) is 61.8. The summed E-state index contributed by atoms with van der Waals surface area (Å²) in [5.74, 6) is -4.55. The molecule has 0 saturated carbocycles. The van der Waals surface area contributed by atoms with E-state index < -0.39 is 54.7 Å². The first-order valence-corrected chi connectivity index (χ1v) is 11.1. The van der Waals surface area contributed by atoms with Gasteiger partial charge in [-0.25, -0.2) is 4.79 Å². The third-order valence-electron chi connectivity index (χ3n) is 5.41. The number of benzene rings is 2. The van der Waals surface area contributed by atoms with Gasteiger partial charge in [0.2, 0.25) is 11.8 Å². The molecule has 2 aromatic carbocycles. The van der Waals surface area contributed by atoms with Crippen LogP contribution in [0.2, 0.25) is 0 Å². The monoisotopic (exact) mass is 494 g/mol. The maximum atomic E-state index is 12.5. The van der Waals surface area contributed by atoms with E-state index in [9.17, 15) is 24.0 Å². The van der Waals surface area contributed by atoms with Crippen molar-refractivity contribution in [3.05, 3.63) is 60.3 Å². The van der Waals surface area contributed by atoms with Crippen LogP contribution >= 0.6 is 0 Å². The van der Waals surface area contributed by atoms with Gasteiger partial charge in [0.1, 0.15) is 17.8 Å². The van der Waals surface area contributed by atoms with Crippen LogP contribution in [-0.4, -0.2) is 63.5 Å². The lowest BCUT2D eigenvalue weighted by molar-refractivity contribution is -0.143. The van der Waals surface area contributed by atoms with Gasteiger partial charge in [0.15, 0.2) is 0 Å². The number of carbonyl (C=O) groups is 5. The molecule has 1 heterocycles. The highest BCUT2D eigenvalue weighted by atomic mass is 16.4. The lowest BCUT2D eigenvalue weighted by Crippen LogP contribution is -2.51. The standard InChI is InChI=1S/C25H26N4O7/c1-14(23(33)29-19(25(35)36)9-10-22(31)32)27-21(30)13-26-24(34)20-12-17-11-16(7-8-18(17)28-20)15-5-3-2-4-6-15/h2-8,11-12,14,19,28H,9-10,13H2,1H3,(H,26,34)(H,27,30)(H,29,33)(H,31,32)(H,35,36). The molecule has 11 heteroatoms. The summed E-state index contributed by atoms with van der Waals surface area (Å²) in [5, 5.41) is 25.7. The Labute approximate surface area is 205 Å². The number of rotatable bonds is 11. The molecule has 6 N–H and O–H groups in total. The van der Waals surface area contributed by atoms with Crippen LogP contribution in [0.15, 0.2) is 54.6 Å². The molecule has 0 aliphatic rings. The van der Waals surface area contributed by atoms with Crippen molar-refractivity contribution in [2.75, 3.05) is 6.54 Å². The first-order chi connectivity index (χ1) is 17.1. The first-order valence-electron chi connectivity index (χ1n) is 11.1. The number of carbonyl (C=O) groups excluding carboxylic acids is 3. The molecule has 0 bridgehead atoms. The van der Waals surface area contributed by atoms with Gasteiger partial charge in [0.05, 0.1) is 6.54 Å². The van der Waals surface area contributed by atoms with Crippen molar-refractivity contribution in [3.8, 4) is 11.1 Å². The number of hydrogen-bond donors (Lipinski definition) is 6. The van der Waals surface area contributed by atoms with Crippen molar-refractivity contribution >= 4 is 40.6 Å². The van der Waals surface area contributed by atoms with Crippen LogP contribution < -0.4 is 16.0 Å². The molecule has 2 atom stereocenters. The zero-order chi connectivity index (χ0) is 26.2. The highest BCUT2D eigenvalue weighted by molar-refractivity contribution is 6.00. The molecule has 2 unspecified atom stereocenters. The summed E-state index contributed by atoms with van der Waals surface area (Å²) in [6.45, 7) is 0.926. The lowest BCUT2D eigenvalue weighted by atomic mass is 10.0. The number of aliphatic carboxylic acids is 2. The molecular weight excluding hydrogens is 468 g/mol. The molecule has 3 rings (SSSR count). The molecule has 0 radical (unpaired) electrons. The fraction of sp³-hybridized carbons (Fsp3) is 0.240. The van der Waals surface area contributed by atoms with Gasteiger partial charge in [0.25, 0.3) is 5.91 Å². The molecule has 3 amide bonds. The minimum absolute atomic E-state index is 0.261. The maximum absolute atomic E-state index is 12.5. The maximum Gasteiger partial charge on any atom is 0.326 e. The van der Waals surface area contributed by atoms with Crippen LogP contribution in [0, 0.1) is 0 Å². The summed E-state index contributed by atoms with van der Waals surface area (Å²) >= 11 is 0. The third-order valence-corrected chi connectivity index (χ3v) is 5.41. The fourth-order valence-electron chi connectivity index (χ4n) is 3.50. The number of nitrogens with one attached hydrogen (secondary N) is 4. The number of hydrogen-bond acceptors (Lipinski definition) is 5. The lowest BCUT2D eigenvalue weighted by Gasteiger charge is -2.18. The minimum Gasteiger partial charge on any atom is -0.481 e. The van der Waals surface area contributed by atoms with E-state index in [1.54, 1.807) is 6.07 Å². The Morgan fingerprint density at radius 1 is 0.917 bits per heavy atom. The largest absolute Gasteiger partial charge is 0.481 e. The van der Waals surface area contributed by atoms with Crippen LogP contribution in [-0.2, 0) is 19.2 Å². The Kier molecular flexibility index (Phi) is 8.39. The van der Waals surface area contributed by atoms with E-state index in [1.165, 1.54) is 6.92 Å². The van der Waals surface area contributed by atoms with Gasteiger partial charge < -0.3 is 31.1 Å². The number of carboxylic acids is 2. The van der Waals surface area contributed by atoms with Crippen LogP contribution in [0.1, 0.15) is 30.3 Å². The van der Waals surface area contributed by atoms with E-state index in [4.69, 9.17) is 10.2 Å². The highest BCUT2D eigenvalue weighted by Gasteiger charge is 2.24. The molecule has 0 fully saturated rings.